The zero-order valence-corrected chi connectivity index (χ0v) is 10.9. The minimum absolute atomic E-state index is 0.326. The van der Waals surface area contributed by atoms with Gasteiger partial charge in [-0.2, -0.15) is 5.26 Å². The Labute approximate surface area is 112 Å². The number of aliphatic carboxylic acids is 1. The molecule has 0 bridgehead atoms. The predicted molar refractivity (Wildman–Crippen MR) is 70.6 cm³/mol. The maximum absolute atomic E-state index is 11.6. The minimum atomic E-state index is -0.909. The molecule has 0 aliphatic heterocycles. The summed E-state index contributed by atoms with van der Waals surface area (Å²) in [5, 5.41) is 21.3. The van der Waals surface area contributed by atoms with Crippen molar-refractivity contribution in [2.45, 2.75) is 38.1 Å². The molecule has 5 nitrogen and oxygen atoms in total. The van der Waals surface area contributed by atoms with Crippen molar-refractivity contribution in [3.63, 3.8) is 0 Å². The SMILES string of the molecule is CC1CCCC(Nc2ccc(C#N)nc2)(C(=O)O)C1. The van der Waals surface area contributed by atoms with Crippen LogP contribution in [-0.2, 0) is 4.79 Å². The monoisotopic (exact) mass is 259 g/mol. The summed E-state index contributed by atoms with van der Waals surface area (Å²) in [7, 11) is 0. The van der Waals surface area contributed by atoms with E-state index in [9.17, 15) is 9.90 Å². The third kappa shape index (κ3) is 2.84. The van der Waals surface area contributed by atoms with Crippen molar-refractivity contribution < 1.29 is 9.90 Å². The molecule has 2 atom stereocenters. The van der Waals surface area contributed by atoms with Crippen LogP contribution >= 0.6 is 0 Å². The van der Waals surface area contributed by atoms with Gasteiger partial charge in [-0.1, -0.05) is 19.8 Å². The highest BCUT2D eigenvalue weighted by molar-refractivity contribution is 5.83. The van der Waals surface area contributed by atoms with Gasteiger partial charge in [0.1, 0.15) is 17.3 Å². The maximum Gasteiger partial charge on any atom is 0.329 e. The zero-order chi connectivity index (χ0) is 13.9. The number of nitriles is 1. The molecule has 1 aromatic heterocycles. The third-order valence-corrected chi connectivity index (χ3v) is 3.67. The van der Waals surface area contributed by atoms with Gasteiger partial charge in [0.15, 0.2) is 0 Å². The average Bonchev–Trinajstić information content (AvgIpc) is 2.39. The van der Waals surface area contributed by atoms with E-state index < -0.39 is 11.5 Å². The molecule has 0 amide bonds. The Hall–Kier alpha value is -2.09. The molecule has 5 heteroatoms. The summed E-state index contributed by atoms with van der Waals surface area (Å²) >= 11 is 0. The van der Waals surface area contributed by atoms with E-state index in [-0.39, 0.29) is 0 Å². The molecule has 2 N–H and O–H groups in total. The number of carboxylic acid groups (broad SMARTS) is 1. The van der Waals surface area contributed by atoms with E-state index in [0.29, 0.717) is 30.1 Å². The first kappa shape index (κ1) is 13.3. The molecule has 2 unspecified atom stereocenters. The van der Waals surface area contributed by atoms with Gasteiger partial charge in [0.05, 0.1) is 11.9 Å². The topological polar surface area (TPSA) is 86.0 Å². The highest BCUT2D eigenvalue weighted by Crippen LogP contribution is 2.35. The highest BCUT2D eigenvalue weighted by atomic mass is 16.4. The second kappa shape index (κ2) is 5.27. The van der Waals surface area contributed by atoms with Gasteiger partial charge in [-0.3, -0.25) is 0 Å². The van der Waals surface area contributed by atoms with E-state index in [1.54, 1.807) is 12.1 Å². The number of nitrogens with zero attached hydrogens (tertiary/aromatic N) is 2. The summed E-state index contributed by atoms with van der Waals surface area (Å²) in [6.45, 7) is 2.08. The Kier molecular flexibility index (Phi) is 3.70. The minimum Gasteiger partial charge on any atom is -0.480 e. The molecule has 19 heavy (non-hydrogen) atoms. The third-order valence-electron chi connectivity index (χ3n) is 3.67. The zero-order valence-electron chi connectivity index (χ0n) is 10.9. The van der Waals surface area contributed by atoms with Crippen LogP contribution in [0.4, 0.5) is 5.69 Å². The van der Waals surface area contributed by atoms with Crippen LogP contribution in [0.25, 0.3) is 0 Å². The van der Waals surface area contributed by atoms with Gasteiger partial charge in [-0.15, -0.1) is 0 Å². The summed E-state index contributed by atoms with van der Waals surface area (Å²) in [6.07, 6.45) is 4.73. The number of pyridine rings is 1. The number of carboxylic acids is 1. The number of carbonyl (C=O) groups is 1. The molecule has 0 spiro atoms. The normalized spacial score (nSPS) is 26.4. The molecule has 1 aliphatic carbocycles. The molecule has 0 radical (unpaired) electrons. The number of hydrogen-bond donors (Lipinski definition) is 2. The van der Waals surface area contributed by atoms with E-state index in [4.69, 9.17) is 5.26 Å². The van der Waals surface area contributed by atoms with E-state index in [2.05, 4.69) is 17.2 Å². The van der Waals surface area contributed by atoms with Crippen molar-refractivity contribution >= 4 is 11.7 Å². The fourth-order valence-corrected chi connectivity index (χ4v) is 2.72. The van der Waals surface area contributed by atoms with Crippen LogP contribution in [0.5, 0.6) is 0 Å². The van der Waals surface area contributed by atoms with Crippen molar-refractivity contribution in [1.29, 1.82) is 5.26 Å². The molecule has 1 aliphatic rings. The molecule has 0 aromatic carbocycles. The lowest BCUT2D eigenvalue weighted by Gasteiger charge is -2.37. The van der Waals surface area contributed by atoms with E-state index in [0.717, 1.165) is 12.8 Å². The van der Waals surface area contributed by atoms with Crippen molar-refractivity contribution in [1.82, 2.24) is 4.98 Å². The lowest BCUT2D eigenvalue weighted by molar-refractivity contribution is -0.144. The summed E-state index contributed by atoms with van der Waals surface area (Å²) in [6, 6.07) is 5.23. The molecular formula is C14H17N3O2. The van der Waals surface area contributed by atoms with Gasteiger partial charge < -0.3 is 10.4 Å². The van der Waals surface area contributed by atoms with Gasteiger partial charge in [-0.25, -0.2) is 9.78 Å². The van der Waals surface area contributed by atoms with Crippen LogP contribution in [0.2, 0.25) is 0 Å². The maximum atomic E-state index is 11.6. The lowest BCUT2D eigenvalue weighted by atomic mass is 9.76. The number of nitrogens with one attached hydrogen (secondary N) is 1. The molecule has 1 heterocycles. The van der Waals surface area contributed by atoms with Crippen molar-refractivity contribution in [2.24, 2.45) is 5.92 Å². The molecule has 1 fully saturated rings. The Morgan fingerprint density at radius 3 is 2.95 bits per heavy atom. The summed E-state index contributed by atoms with van der Waals surface area (Å²) in [5.74, 6) is -0.424. The Bertz CT molecular complexity index is 506. The Morgan fingerprint density at radius 1 is 1.63 bits per heavy atom. The number of rotatable bonds is 3. The Morgan fingerprint density at radius 2 is 2.42 bits per heavy atom. The molecule has 100 valence electrons. The summed E-state index contributed by atoms with van der Waals surface area (Å²) in [4.78, 5) is 15.6. The van der Waals surface area contributed by atoms with E-state index >= 15 is 0 Å². The van der Waals surface area contributed by atoms with Crippen LogP contribution in [-0.4, -0.2) is 21.6 Å². The first-order chi connectivity index (χ1) is 9.05. The quantitative estimate of drug-likeness (QED) is 0.870. The first-order valence-corrected chi connectivity index (χ1v) is 6.43. The average molecular weight is 259 g/mol. The fourth-order valence-electron chi connectivity index (χ4n) is 2.72. The van der Waals surface area contributed by atoms with Crippen LogP contribution in [0.15, 0.2) is 18.3 Å². The molecular weight excluding hydrogens is 242 g/mol. The summed E-state index contributed by atoms with van der Waals surface area (Å²) < 4.78 is 0. The van der Waals surface area contributed by atoms with E-state index in [1.807, 2.05) is 6.07 Å². The number of aromatic nitrogens is 1. The largest absolute Gasteiger partial charge is 0.480 e. The van der Waals surface area contributed by atoms with Crippen molar-refractivity contribution in [3.05, 3.63) is 24.0 Å². The van der Waals surface area contributed by atoms with Crippen LogP contribution in [0, 0.1) is 17.2 Å². The molecule has 1 saturated carbocycles. The lowest BCUT2D eigenvalue weighted by Crippen LogP contribution is -2.49. The predicted octanol–water partition coefficient (Wildman–Crippen LogP) is 2.40. The van der Waals surface area contributed by atoms with Gasteiger partial charge in [0.2, 0.25) is 0 Å². The Balaban J connectivity index is 2.21. The van der Waals surface area contributed by atoms with Crippen LogP contribution < -0.4 is 5.32 Å². The first-order valence-electron chi connectivity index (χ1n) is 6.43. The molecule has 1 aromatic rings. The second-order valence-corrected chi connectivity index (χ2v) is 5.26. The smallest absolute Gasteiger partial charge is 0.329 e. The molecule has 2 rings (SSSR count). The number of anilines is 1. The van der Waals surface area contributed by atoms with Gasteiger partial charge in [0, 0.05) is 0 Å². The van der Waals surface area contributed by atoms with Gasteiger partial charge in [0.25, 0.3) is 0 Å². The standard InChI is InChI=1S/C14H17N3O2/c1-10-3-2-6-14(7-10,13(18)19)17-12-5-4-11(8-15)16-9-12/h4-5,9-10,17H,2-3,6-7H2,1H3,(H,18,19). The van der Waals surface area contributed by atoms with Crippen molar-refractivity contribution in [2.75, 3.05) is 5.32 Å². The van der Waals surface area contributed by atoms with Crippen LogP contribution in [0.3, 0.4) is 0 Å². The van der Waals surface area contributed by atoms with E-state index in [1.165, 1.54) is 6.20 Å². The fraction of sp³-hybridized carbons (Fsp3) is 0.500. The van der Waals surface area contributed by atoms with Gasteiger partial charge in [-0.05, 0) is 30.9 Å². The molecule has 0 saturated heterocycles. The highest BCUT2D eigenvalue weighted by Gasteiger charge is 2.41. The summed E-state index contributed by atoms with van der Waals surface area (Å²) in [5.41, 5.74) is 0.0653. The van der Waals surface area contributed by atoms with Gasteiger partial charge >= 0.3 is 5.97 Å². The van der Waals surface area contributed by atoms with Crippen molar-refractivity contribution in [3.8, 4) is 6.07 Å². The number of hydrogen-bond acceptors (Lipinski definition) is 4. The van der Waals surface area contributed by atoms with Crippen LogP contribution in [0.1, 0.15) is 38.3 Å². The second-order valence-electron chi connectivity index (χ2n) is 5.26.